The van der Waals surface area contributed by atoms with E-state index in [1.54, 1.807) is 18.0 Å². The Kier molecular flexibility index (Phi) is 4.54. The molecule has 0 atom stereocenters. The third-order valence-electron chi connectivity index (χ3n) is 4.10. The maximum atomic E-state index is 12.6. The summed E-state index contributed by atoms with van der Waals surface area (Å²) in [7, 11) is 0. The van der Waals surface area contributed by atoms with Crippen molar-refractivity contribution in [3.63, 3.8) is 0 Å². The molecular formula is C21H18N2O2S. The number of anilines is 1. The summed E-state index contributed by atoms with van der Waals surface area (Å²) in [5.41, 5.74) is 3.78. The fourth-order valence-electron chi connectivity index (χ4n) is 2.87. The molecule has 0 bridgehead atoms. The Balaban J connectivity index is 1.48. The molecule has 0 aliphatic heterocycles. The third kappa shape index (κ3) is 3.53. The van der Waals surface area contributed by atoms with Gasteiger partial charge in [0.05, 0.1) is 6.26 Å². The van der Waals surface area contributed by atoms with E-state index in [9.17, 15) is 4.79 Å². The molecule has 4 rings (SSSR count). The zero-order valence-corrected chi connectivity index (χ0v) is 15.1. The maximum absolute atomic E-state index is 12.6. The number of amides is 1. The number of aromatic amines is 1. The standard InChI is InChI=1S/C21H18N2O2S/c1-14-11-16-12-17(7-8-19(16)22-14)23-21(24)20-15(9-10-25-20)13-26-18-5-3-2-4-6-18/h2-12,22H,13H2,1H3,(H,23,24). The second kappa shape index (κ2) is 7.14. The van der Waals surface area contributed by atoms with Crippen LogP contribution in [0.2, 0.25) is 0 Å². The zero-order valence-electron chi connectivity index (χ0n) is 14.3. The van der Waals surface area contributed by atoms with Gasteiger partial charge in [0.25, 0.3) is 5.91 Å². The Hall–Kier alpha value is -2.92. The lowest BCUT2D eigenvalue weighted by Gasteiger charge is -2.06. The van der Waals surface area contributed by atoms with Crippen LogP contribution in [0.3, 0.4) is 0 Å². The zero-order chi connectivity index (χ0) is 17.9. The SMILES string of the molecule is Cc1cc2cc(NC(=O)c3occc3CSc3ccccc3)ccc2[nH]1. The number of rotatable bonds is 5. The number of aryl methyl sites for hydroxylation is 1. The summed E-state index contributed by atoms with van der Waals surface area (Å²) in [5, 5.41) is 4.00. The summed E-state index contributed by atoms with van der Waals surface area (Å²) in [6.45, 7) is 2.01. The number of hydrogen-bond donors (Lipinski definition) is 2. The number of aromatic nitrogens is 1. The predicted octanol–water partition coefficient (Wildman–Crippen LogP) is 5.61. The summed E-state index contributed by atoms with van der Waals surface area (Å²) >= 11 is 1.68. The van der Waals surface area contributed by atoms with Crippen LogP contribution < -0.4 is 5.32 Å². The highest BCUT2D eigenvalue weighted by Crippen LogP contribution is 2.26. The molecule has 0 saturated heterocycles. The van der Waals surface area contributed by atoms with Gasteiger partial charge in [-0.05, 0) is 49.4 Å². The first-order valence-corrected chi connectivity index (χ1v) is 9.32. The normalized spacial score (nSPS) is 11.0. The number of hydrogen-bond acceptors (Lipinski definition) is 3. The fraction of sp³-hybridized carbons (Fsp3) is 0.0952. The first-order valence-electron chi connectivity index (χ1n) is 8.34. The molecule has 0 aliphatic carbocycles. The van der Waals surface area contributed by atoms with E-state index in [1.807, 2.05) is 49.4 Å². The highest BCUT2D eigenvalue weighted by molar-refractivity contribution is 7.98. The van der Waals surface area contributed by atoms with E-state index in [0.717, 1.165) is 32.7 Å². The first kappa shape index (κ1) is 16.5. The van der Waals surface area contributed by atoms with Gasteiger partial charge < -0.3 is 14.7 Å². The van der Waals surface area contributed by atoms with Crippen molar-refractivity contribution in [3.05, 3.63) is 83.9 Å². The highest BCUT2D eigenvalue weighted by atomic mass is 32.2. The Morgan fingerprint density at radius 1 is 1.12 bits per heavy atom. The molecule has 2 aromatic heterocycles. The van der Waals surface area contributed by atoms with Gasteiger partial charge in [0.2, 0.25) is 0 Å². The topological polar surface area (TPSA) is 58.0 Å². The van der Waals surface area contributed by atoms with Gasteiger partial charge in [0, 0.05) is 38.5 Å². The lowest BCUT2D eigenvalue weighted by molar-refractivity contribution is 0.0996. The molecule has 0 radical (unpaired) electrons. The first-order chi connectivity index (χ1) is 12.7. The fourth-order valence-corrected chi connectivity index (χ4v) is 3.77. The number of nitrogens with one attached hydrogen (secondary N) is 2. The Morgan fingerprint density at radius 2 is 1.96 bits per heavy atom. The number of fused-ring (bicyclic) bond motifs is 1. The number of carbonyl (C=O) groups is 1. The molecule has 1 amide bonds. The smallest absolute Gasteiger partial charge is 0.291 e. The molecule has 5 heteroatoms. The molecule has 0 unspecified atom stereocenters. The summed E-state index contributed by atoms with van der Waals surface area (Å²) < 4.78 is 5.45. The van der Waals surface area contributed by atoms with Crippen LogP contribution in [0.5, 0.6) is 0 Å². The van der Waals surface area contributed by atoms with E-state index in [4.69, 9.17) is 4.42 Å². The van der Waals surface area contributed by atoms with Gasteiger partial charge in [-0.3, -0.25) is 4.79 Å². The van der Waals surface area contributed by atoms with Crippen LogP contribution in [0.25, 0.3) is 10.9 Å². The number of H-pyrrole nitrogens is 1. The lowest BCUT2D eigenvalue weighted by Crippen LogP contribution is -2.12. The van der Waals surface area contributed by atoms with E-state index in [0.29, 0.717) is 11.5 Å². The molecule has 4 aromatic rings. The summed E-state index contributed by atoms with van der Waals surface area (Å²) in [5.74, 6) is 0.809. The van der Waals surface area contributed by atoms with Gasteiger partial charge in [-0.1, -0.05) is 18.2 Å². The molecular weight excluding hydrogens is 344 g/mol. The average Bonchev–Trinajstić information content (AvgIpc) is 3.26. The van der Waals surface area contributed by atoms with Crippen molar-refractivity contribution in [2.75, 3.05) is 5.32 Å². The molecule has 0 fully saturated rings. The molecule has 0 saturated carbocycles. The Morgan fingerprint density at radius 3 is 2.81 bits per heavy atom. The molecule has 2 N–H and O–H groups in total. The molecule has 0 spiro atoms. The van der Waals surface area contributed by atoms with Crippen LogP contribution in [0, 0.1) is 6.92 Å². The quantitative estimate of drug-likeness (QED) is 0.453. The number of carbonyl (C=O) groups excluding carboxylic acids is 1. The van der Waals surface area contributed by atoms with Gasteiger partial charge in [-0.15, -0.1) is 11.8 Å². The molecule has 4 nitrogen and oxygen atoms in total. The minimum absolute atomic E-state index is 0.231. The van der Waals surface area contributed by atoms with E-state index in [-0.39, 0.29) is 5.91 Å². The van der Waals surface area contributed by atoms with E-state index in [1.165, 1.54) is 0 Å². The van der Waals surface area contributed by atoms with Crippen molar-refractivity contribution in [2.45, 2.75) is 17.6 Å². The highest BCUT2D eigenvalue weighted by Gasteiger charge is 2.16. The summed E-state index contributed by atoms with van der Waals surface area (Å²) in [4.78, 5) is 17.1. The predicted molar refractivity (Wildman–Crippen MR) is 106 cm³/mol. The lowest BCUT2D eigenvalue weighted by atomic mass is 10.2. The van der Waals surface area contributed by atoms with Crippen molar-refractivity contribution in [1.82, 2.24) is 4.98 Å². The van der Waals surface area contributed by atoms with E-state index >= 15 is 0 Å². The van der Waals surface area contributed by atoms with Crippen molar-refractivity contribution >= 4 is 34.3 Å². The van der Waals surface area contributed by atoms with Crippen LogP contribution >= 0.6 is 11.8 Å². The van der Waals surface area contributed by atoms with Gasteiger partial charge >= 0.3 is 0 Å². The second-order valence-electron chi connectivity index (χ2n) is 6.09. The minimum Gasteiger partial charge on any atom is -0.459 e. The summed E-state index contributed by atoms with van der Waals surface area (Å²) in [6, 6.07) is 19.8. The monoisotopic (exact) mass is 362 g/mol. The largest absolute Gasteiger partial charge is 0.459 e. The number of thioether (sulfide) groups is 1. The molecule has 0 aliphatic rings. The van der Waals surface area contributed by atoms with Crippen LogP contribution in [-0.4, -0.2) is 10.9 Å². The van der Waals surface area contributed by atoms with Crippen LogP contribution in [0.1, 0.15) is 21.8 Å². The Labute approximate surface area is 155 Å². The van der Waals surface area contributed by atoms with Crippen LogP contribution in [-0.2, 0) is 5.75 Å². The number of furan rings is 1. The third-order valence-corrected chi connectivity index (χ3v) is 5.16. The van der Waals surface area contributed by atoms with Crippen molar-refractivity contribution < 1.29 is 9.21 Å². The van der Waals surface area contributed by atoms with Crippen molar-refractivity contribution in [2.24, 2.45) is 0 Å². The van der Waals surface area contributed by atoms with E-state index < -0.39 is 0 Å². The molecule has 2 heterocycles. The minimum atomic E-state index is -0.231. The molecule has 2 aromatic carbocycles. The van der Waals surface area contributed by atoms with Crippen molar-refractivity contribution in [1.29, 1.82) is 0 Å². The maximum Gasteiger partial charge on any atom is 0.291 e. The van der Waals surface area contributed by atoms with Gasteiger partial charge in [0.15, 0.2) is 5.76 Å². The van der Waals surface area contributed by atoms with E-state index in [2.05, 4.69) is 28.5 Å². The van der Waals surface area contributed by atoms with Gasteiger partial charge in [-0.25, -0.2) is 0 Å². The Bertz CT molecular complexity index is 1050. The average molecular weight is 362 g/mol. The summed E-state index contributed by atoms with van der Waals surface area (Å²) in [6.07, 6.45) is 1.56. The second-order valence-corrected chi connectivity index (χ2v) is 7.13. The van der Waals surface area contributed by atoms with Gasteiger partial charge in [-0.2, -0.15) is 0 Å². The molecule has 26 heavy (non-hydrogen) atoms. The van der Waals surface area contributed by atoms with Crippen LogP contribution in [0.15, 0.2) is 76.2 Å². The van der Waals surface area contributed by atoms with Gasteiger partial charge in [0.1, 0.15) is 0 Å². The van der Waals surface area contributed by atoms with Crippen molar-refractivity contribution in [3.8, 4) is 0 Å². The number of benzene rings is 2. The van der Waals surface area contributed by atoms with Crippen LogP contribution in [0.4, 0.5) is 5.69 Å². The molecule has 130 valence electrons.